The fourth-order valence-corrected chi connectivity index (χ4v) is 5.18. The van der Waals surface area contributed by atoms with Gasteiger partial charge in [0.15, 0.2) is 0 Å². The molecule has 0 unspecified atom stereocenters. The molecule has 5 rings (SSSR count). The van der Waals surface area contributed by atoms with Crippen LogP contribution in [0.5, 0.6) is 0 Å². The molecule has 6 nitrogen and oxygen atoms in total. The molecule has 176 valence electrons. The lowest BCUT2D eigenvalue weighted by molar-refractivity contribution is 0.0999. The van der Waals surface area contributed by atoms with Crippen LogP contribution < -0.4 is 17.0 Å². The molecule has 0 atom stereocenters. The number of benzene rings is 3. The molecule has 0 radical (unpaired) electrons. The molecule has 1 amide bonds. The maximum Gasteiger partial charge on any atom is 0.335 e. The Kier molecular flexibility index (Phi) is 5.09. The predicted molar refractivity (Wildman–Crippen MR) is 135 cm³/mol. The average molecular weight is 470 g/mol. The topological polar surface area (TPSA) is 87.1 Å². The van der Waals surface area contributed by atoms with Crippen molar-refractivity contribution in [3.63, 3.8) is 0 Å². The van der Waals surface area contributed by atoms with Crippen LogP contribution in [0.3, 0.4) is 0 Å². The minimum absolute atomic E-state index is 0.0244. The standard InChI is InChI=1S/C28H24FN3O3/c1-14-13-21-19(26(30)33)12-11-18(24(21)15(14)2)17-7-6-10-23(16(17)3)32-27(34)20-8-5-9-22(29)25(20)31(4)28(32)35/h5-12H,13H2,1-4H3,(H2,30,33). The summed E-state index contributed by atoms with van der Waals surface area (Å²) in [4.78, 5) is 38.7. The monoisotopic (exact) mass is 469 g/mol. The van der Waals surface area contributed by atoms with E-state index in [1.807, 2.05) is 32.9 Å². The van der Waals surface area contributed by atoms with Crippen molar-refractivity contribution in [3.05, 3.63) is 103 Å². The highest BCUT2D eigenvalue weighted by Crippen LogP contribution is 2.42. The Morgan fingerprint density at radius 3 is 2.40 bits per heavy atom. The molecule has 1 aliphatic carbocycles. The number of amides is 1. The summed E-state index contributed by atoms with van der Waals surface area (Å²) in [5, 5.41) is 0.123. The van der Waals surface area contributed by atoms with Crippen molar-refractivity contribution < 1.29 is 9.18 Å². The molecular weight excluding hydrogens is 445 g/mol. The van der Waals surface area contributed by atoms with Crippen molar-refractivity contribution in [3.8, 4) is 16.8 Å². The van der Waals surface area contributed by atoms with Crippen molar-refractivity contribution in [1.29, 1.82) is 0 Å². The van der Waals surface area contributed by atoms with E-state index in [-0.39, 0.29) is 10.9 Å². The number of carbonyl (C=O) groups is 1. The van der Waals surface area contributed by atoms with Gasteiger partial charge in [0.05, 0.1) is 16.6 Å². The first-order valence-electron chi connectivity index (χ1n) is 11.3. The number of carbonyl (C=O) groups excluding carboxylic acids is 1. The summed E-state index contributed by atoms with van der Waals surface area (Å²) in [5.74, 6) is -1.10. The molecule has 0 bridgehead atoms. The van der Waals surface area contributed by atoms with Gasteiger partial charge in [-0.3, -0.25) is 14.2 Å². The van der Waals surface area contributed by atoms with Gasteiger partial charge in [0.2, 0.25) is 5.91 Å². The average Bonchev–Trinajstić information content (AvgIpc) is 3.12. The summed E-state index contributed by atoms with van der Waals surface area (Å²) in [5.41, 5.74) is 11.9. The Bertz CT molecular complexity index is 1740. The first-order valence-corrected chi connectivity index (χ1v) is 11.3. The van der Waals surface area contributed by atoms with Crippen LogP contribution in [0.15, 0.2) is 63.7 Å². The number of aromatic nitrogens is 2. The van der Waals surface area contributed by atoms with Gasteiger partial charge in [-0.2, -0.15) is 0 Å². The molecule has 0 saturated heterocycles. The lowest BCUT2D eigenvalue weighted by Gasteiger charge is -2.18. The molecule has 1 aromatic heterocycles. The predicted octanol–water partition coefficient (Wildman–Crippen LogP) is 4.25. The molecule has 2 N–H and O–H groups in total. The summed E-state index contributed by atoms with van der Waals surface area (Å²) in [6.07, 6.45) is 0.641. The summed E-state index contributed by atoms with van der Waals surface area (Å²) < 4.78 is 16.7. The number of rotatable bonds is 3. The van der Waals surface area contributed by atoms with E-state index in [0.717, 1.165) is 42.5 Å². The van der Waals surface area contributed by atoms with E-state index < -0.39 is 23.0 Å². The van der Waals surface area contributed by atoms with Gasteiger partial charge in [-0.05, 0) is 84.8 Å². The van der Waals surface area contributed by atoms with Crippen molar-refractivity contribution >= 4 is 22.4 Å². The number of hydrogen-bond acceptors (Lipinski definition) is 3. The number of primary amides is 1. The Hall–Kier alpha value is -4.26. The summed E-state index contributed by atoms with van der Waals surface area (Å²) in [7, 11) is 1.45. The van der Waals surface area contributed by atoms with Gasteiger partial charge in [0.25, 0.3) is 5.56 Å². The van der Waals surface area contributed by atoms with Gasteiger partial charge in [0.1, 0.15) is 5.82 Å². The van der Waals surface area contributed by atoms with Crippen LogP contribution >= 0.6 is 0 Å². The number of para-hydroxylation sites is 1. The maximum absolute atomic E-state index is 14.4. The second kappa shape index (κ2) is 7.91. The highest BCUT2D eigenvalue weighted by Gasteiger charge is 2.26. The van der Waals surface area contributed by atoms with E-state index in [9.17, 15) is 18.8 Å². The van der Waals surface area contributed by atoms with E-state index in [4.69, 9.17) is 5.73 Å². The third-order valence-corrected chi connectivity index (χ3v) is 7.11. The van der Waals surface area contributed by atoms with Crippen LogP contribution in [0.2, 0.25) is 0 Å². The third-order valence-electron chi connectivity index (χ3n) is 7.11. The van der Waals surface area contributed by atoms with Crippen LogP contribution in [0.1, 0.15) is 40.9 Å². The molecule has 0 aliphatic heterocycles. The van der Waals surface area contributed by atoms with E-state index >= 15 is 0 Å². The SMILES string of the molecule is CC1=C(C)c2c(-c3cccc(-n4c(=O)c5cccc(F)c5n(C)c4=O)c3C)ccc(C(N)=O)c2C1. The van der Waals surface area contributed by atoms with E-state index in [0.29, 0.717) is 23.2 Å². The number of allylic oxidation sites excluding steroid dienone is 2. The van der Waals surface area contributed by atoms with Crippen molar-refractivity contribution in [2.45, 2.75) is 27.2 Å². The molecular formula is C28H24FN3O3. The van der Waals surface area contributed by atoms with Crippen molar-refractivity contribution in [2.24, 2.45) is 12.8 Å². The lowest BCUT2D eigenvalue weighted by atomic mass is 9.88. The number of halogens is 1. The molecule has 0 saturated carbocycles. The smallest absolute Gasteiger partial charge is 0.335 e. The van der Waals surface area contributed by atoms with Crippen LogP contribution in [0.4, 0.5) is 4.39 Å². The zero-order valence-electron chi connectivity index (χ0n) is 19.9. The molecule has 0 fully saturated rings. The first-order chi connectivity index (χ1) is 16.6. The molecule has 3 aromatic carbocycles. The number of hydrogen-bond donors (Lipinski definition) is 1. The zero-order chi connectivity index (χ0) is 25.2. The number of nitrogens with two attached hydrogens (primary N) is 1. The van der Waals surface area contributed by atoms with Gasteiger partial charge < -0.3 is 5.73 Å². The second-order valence-electron chi connectivity index (χ2n) is 9.03. The summed E-state index contributed by atoms with van der Waals surface area (Å²) in [6, 6.07) is 13.2. The number of aryl methyl sites for hydroxylation is 1. The fourth-order valence-electron chi connectivity index (χ4n) is 5.18. The van der Waals surface area contributed by atoms with E-state index in [1.54, 1.807) is 18.2 Å². The van der Waals surface area contributed by atoms with Gasteiger partial charge in [-0.15, -0.1) is 0 Å². The Morgan fingerprint density at radius 1 is 0.971 bits per heavy atom. The van der Waals surface area contributed by atoms with Crippen LogP contribution in [-0.4, -0.2) is 15.0 Å². The van der Waals surface area contributed by atoms with Gasteiger partial charge in [-0.25, -0.2) is 13.8 Å². The highest BCUT2D eigenvalue weighted by molar-refractivity contribution is 6.00. The maximum atomic E-state index is 14.4. The minimum atomic E-state index is -0.630. The molecule has 1 heterocycles. The summed E-state index contributed by atoms with van der Waals surface area (Å²) in [6.45, 7) is 5.90. The molecule has 1 aliphatic rings. The van der Waals surface area contributed by atoms with Gasteiger partial charge in [-0.1, -0.05) is 29.8 Å². The van der Waals surface area contributed by atoms with Crippen LogP contribution in [-0.2, 0) is 13.5 Å². The molecule has 4 aromatic rings. The van der Waals surface area contributed by atoms with E-state index in [2.05, 4.69) is 0 Å². The normalized spacial score (nSPS) is 12.9. The number of fused-ring (bicyclic) bond motifs is 2. The first kappa shape index (κ1) is 22.5. The highest BCUT2D eigenvalue weighted by atomic mass is 19.1. The van der Waals surface area contributed by atoms with Gasteiger partial charge >= 0.3 is 5.69 Å². The third kappa shape index (κ3) is 3.19. The Balaban J connectivity index is 1.82. The molecule has 0 spiro atoms. The second-order valence-corrected chi connectivity index (χ2v) is 9.03. The largest absolute Gasteiger partial charge is 0.366 e. The molecule has 35 heavy (non-hydrogen) atoms. The minimum Gasteiger partial charge on any atom is -0.366 e. The van der Waals surface area contributed by atoms with Gasteiger partial charge in [0, 0.05) is 12.6 Å². The quantitative estimate of drug-likeness (QED) is 0.487. The Labute approximate surface area is 200 Å². The van der Waals surface area contributed by atoms with Crippen molar-refractivity contribution in [1.82, 2.24) is 9.13 Å². The summed E-state index contributed by atoms with van der Waals surface area (Å²) >= 11 is 0. The fraction of sp³-hybridized carbons (Fsp3) is 0.179. The molecule has 7 heteroatoms. The zero-order valence-corrected chi connectivity index (χ0v) is 19.9. The van der Waals surface area contributed by atoms with Crippen molar-refractivity contribution in [2.75, 3.05) is 0 Å². The van der Waals surface area contributed by atoms with Crippen LogP contribution in [0.25, 0.3) is 33.3 Å². The Morgan fingerprint density at radius 2 is 1.69 bits per heavy atom. The van der Waals surface area contributed by atoms with Crippen LogP contribution in [0, 0.1) is 12.7 Å². The van der Waals surface area contributed by atoms with E-state index in [1.165, 1.54) is 25.2 Å². The lowest BCUT2D eigenvalue weighted by Crippen LogP contribution is -2.38. The number of nitrogens with zero attached hydrogens (tertiary/aromatic N) is 2.